The van der Waals surface area contributed by atoms with E-state index >= 15 is 0 Å². The molecule has 0 saturated carbocycles. The van der Waals surface area contributed by atoms with Gasteiger partial charge in [0.15, 0.2) is 0 Å². The fraction of sp³-hybridized carbons (Fsp3) is 0.714. The van der Waals surface area contributed by atoms with Gasteiger partial charge in [0.25, 0.3) is 0 Å². The Labute approximate surface area is 103 Å². The molecule has 0 radical (unpaired) electrons. The molecule has 1 N–H and O–H groups in total. The highest BCUT2D eigenvalue weighted by Crippen LogP contribution is 2.37. The first-order valence-corrected chi connectivity index (χ1v) is 7.28. The average Bonchev–Trinajstić information content (AvgIpc) is 2.62. The monoisotopic (exact) mass is 237 g/mol. The molecule has 1 atom stereocenters. The maximum Gasteiger partial charge on any atom is 0.00859 e. The van der Waals surface area contributed by atoms with Gasteiger partial charge in [-0.05, 0) is 44.4 Å². The van der Waals surface area contributed by atoms with E-state index in [2.05, 4.69) is 32.2 Å². The molecule has 0 bridgehead atoms. The van der Waals surface area contributed by atoms with Gasteiger partial charge >= 0.3 is 0 Å². The van der Waals surface area contributed by atoms with Gasteiger partial charge in [0.1, 0.15) is 0 Å². The highest BCUT2D eigenvalue weighted by atomic mass is 32.1. The van der Waals surface area contributed by atoms with Crippen molar-refractivity contribution in [2.75, 3.05) is 13.1 Å². The topological polar surface area (TPSA) is 12.0 Å². The van der Waals surface area contributed by atoms with E-state index in [0.29, 0.717) is 5.41 Å². The summed E-state index contributed by atoms with van der Waals surface area (Å²) in [5.74, 6) is 0. The number of nitrogens with one attached hydrogen (secondary N) is 1. The molecule has 0 aliphatic carbocycles. The Balaban J connectivity index is 2.29. The van der Waals surface area contributed by atoms with Crippen LogP contribution in [-0.2, 0) is 11.8 Å². The average molecular weight is 237 g/mol. The van der Waals surface area contributed by atoms with Crippen molar-refractivity contribution in [2.24, 2.45) is 0 Å². The normalized spacial score (nSPS) is 25.9. The van der Waals surface area contributed by atoms with Crippen molar-refractivity contribution >= 4 is 11.3 Å². The van der Waals surface area contributed by atoms with Gasteiger partial charge in [-0.2, -0.15) is 0 Å². The fourth-order valence-electron chi connectivity index (χ4n) is 2.77. The van der Waals surface area contributed by atoms with E-state index in [1.54, 1.807) is 10.4 Å². The summed E-state index contributed by atoms with van der Waals surface area (Å²) in [7, 11) is 0. The van der Waals surface area contributed by atoms with Crippen LogP contribution in [0.1, 0.15) is 48.4 Å². The van der Waals surface area contributed by atoms with Crippen molar-refractivity contribution in [3.8, 4) is 0 Å². The molecule has 1 fully saturated rings. The zero-order valence-electron chi connectivity index (χ0n) is 10.7. The molecular formula is C14H23NS. The van der Waals surface area contributed by atoms with Gasteiger partial charge in [0, 0.05) is 21.7 Å². The van der Waals surface area contributed by atoms with E-state index in [1.807, 2.05) is 11.3 Å². The molecule has 1 nitrogen and oxygen atoms in total. The molecule has 1 saturated heterocycles. The van der Waals surface area contributed by atoms with Gasteiger partial charge < -0.3 is 5.32 Å². The lowest BCUT2D eigenvalue weighted by Gasteiger charge is -2.35. The molecule has 2 rings (SSSR count). The minimum absolute atomic E-state index is 0.382. The molecule has 16 heavy (non-hydrogen) atoms. The molecule has 1 aliphatic heterocycles. The van der Waals surface area contributed by atoms with Crippen LogP contribution in [0.3, 0.4) is 0 Å². The Morgan fingerprint density at radius 2 is 2.31 bits per heavy atom. The highest BCUT2D eigenvalue weighted by Gasteiger charge is 2.31. The third-order valence-corrected chi connectivity index (χ3v) is 4.77. The van der Waals surface area contributed by atoms with E-state index in [0.717, 1.165) is 6.54 Å². The predicted molar refractivity (Wildman–Crippen MR) is 72.5 cm³/mol. The Morgan fingerprint density at radius 3 is 2.94 bits per heavy atom. The van der Waals surface area contributed by atoms with E-state index in [-0.39, 0.29) is 0 Å². The van der Waals surface area contributed by atoms with Crippen LogP contribution in [0.2, 0.25) is 0 Å². The third kappa shape index (κ3) is 2.33. The standard InChI is InChI=1S/C14H23NS/c1-4-6-13-12(9-11(2)16-13)14(3)7-5-8-15-10-14/h9,15H,4-8,10H2,1-3H3/t14-/m1/s1. The molecular weight excluding hydrogens is 214 g/mol. The summed E-state index contributed by atoms with van der Waals surface area (Å²) in [6.45, 7) is 9.30. The van der Waals surface area contributed by atoms with E-state index in [9.17, 15) is 0 Å². The zero-order chi connectivity index (χ0) is 11.6. The summed E-state index contributed by atoms with van der Waals surface area (Å²) in [5.41, 5.74) is 2.01. The van der Waals surface area contributed by atoms with Crippen molar-refractivity contribution in [1.29, 1.82) is 0 Å². The van der Waals surface area contributed by atoms with Gasteiger partial charge in [-0.3, -0.25) is 0 Å². The predicted octanol–water partition coefficient (Wildman–Crippen LogP) is 3.65. The SMILES string of the molecule is CCCc1sc(C)cc1[C@]1(C)CCCNC1. The first-order chi connectivity index (χ1) is 7.65. The lowest BCUT2D eigenvalue weighted by Crippen LogP contribution is -2.41. The Morgan fingerprint density at radius 1 is 1.50 bits per heavy atom. The number of hydrogen-bond donors (Lipinski definition) is 1. The van der Waals surface area contributed by atoms with E-state index in [4.69, 9.17) is 0 Å². The third-order valence-electron chi connectivity index (χ3n) is 3.66. The van der Waals surface area contributed by atoms with E-state index < -0.39 is 0 Å². The summed E-state index contributed by atoms with van der Waals surface area (Å²) in [5, 5.41) is 3.56. The van der Waals surface area contributed by atoms with Gasteiger partial charge in [-0.15, -0.1) is 11.3 Å². The molecule has 2 heteroatoms. The Hall–Kier alpha value is -0.340. The molecule has 1 aliphatic rings. The number of hydrogen-bond acceptors (Lipinski definition) is 2. The lowest BCUT2D eigenvalue weighted by molar-refractivity contribution is 0.338. The van der Waals surface area contributed by atoms with Crippen LogP contribution < -0.4 is 5.32 Å². The second kappa shape index (κ2) is 4.89. The van der Waals surface area contributed by atoms with Crippen molar-refractivity contribution in [1.82, 2.24) is 5.32 Å². The summed E-state index contributed by atoms with van der Waals surface area (Å²) in [6, 6.07) is 2.43. The van der Waals surface area contributed by atoms with Crippen molar-refractivity contribution in [2.45, 2.75) is 51.9 Å². The van der Waals surface area contributed by atoms with Crippen LogP contribution >= 0.6 is 11.3 Å². The molecule has 1 aromatic rings. The van der Waals surface area contributed by atoms with Gasteiger partial charge in [0.2, 0.25) is 0 Å². The molecule has 0 amide bonds. The van der Waals surface area contributed by atoms with Gasteiger partial charge in [-0.1, -0.05) is 20.3 Å². The summed E-state index contributed by atoms with van der Waals surface area (Å²) < 4.78 is 0. The molecule has 0 unspecified atom stereocenters. The molecule has 2 heterocycles. The lowest BCUT2D eigenvalue weighted by atomic mass is 9.76. The largest absolute Gasteiger partial charge is 0.316 e. The van der Waals surface area contributed by atoms with Crippen LogP contribution in [0.4, 0.5) is 0 Å². The highest BCUT2D eigenvalue weighted by molar-refractivity contribution is 7.12. The Kier molecular flexibility index (Phi) is 3.70. The quantitative estimate of drug-likeness (QED) is 0.846. The van der Waals surface area contributed by atoms with E-state index in [1.165, 1.54) is 37.1 Å². The van der Waals surface area contributed by atoms with Crippen LogP contribution in [-0.4, -0.2) is 13.1 Å². The van der Waals surface area contributed by atoms with Crippen molar-refractivity contribution in [3.05, 3.63) is 21.4 Å². The van der Waals surface area contributed by atoms with Gasteiger partial charge in [0.05, 0.1) is 0 Å². The molecule has 0 aromatic carbocycles. The van der Waals surface area contributed by atoms with Crippen molar-refractivity contribution in [3.63, 3.8) is 0 Å². The minimum atomic E-state index is 0.382. The van der Waals surface area contributed by atoms with Crippen LogP contribution in [0.5, 0.6) is 0 Å². The maximum absolute atomic E-state index is 3.56. The summed E-state index contributed by atoms with van der Waals surface area (Å²) >= 11 is 2.00. The minimum Gasteiger partial charge on any atom is -0.316 e. The Bertz CT molecular complexity index is 348. The molecule has 0 spiro atoms. The first-order valence-electron chi connectivity index (χ1n) is 6.46. The van der Waals surface area contributed by atoms with Crippen molar-refractivity contribution < 1.29 is 0 Å². The number of rotatable bonds is 3. The number of piperidine rings is 1. The van der Waals surface area contributed by atoms with Crippen LogP contribution in [0.15, 0.2) is 6.07 Å². The number of thiophene rings is 1. The van der Waals surface area contributed by atoms with Gasteiger partial charge in [-0.25, -0.2) is 0 Å². The maximum atomic E-state index is 3.56. The second-order valence-corrected chi connectivity index (χ2v) is 6.63. The summed E-state index contributed by atoms with van der Waals surface area (Å²) in [6.07, 6.45) is 5.17. The first kappa shape index (κ1) is 12.1. The van der Waals surface area contributed by atoms with Crippen LogP contribution in [0.25, 0.3) is 0 Å². The molecule has 90 valence electrons. The second-order valence-electron chi connectivity index (χ2n) is 5.28. The smallest absolute Gasteiger partial charge is 0.00859 e. The number of aryl methyl sites for hydroxylation is 2. The molecule has 1 aromatic heterocycles. The zero-order valence-corrected chi connectivity index (χ0v) is 11.5. The summed E-state index contributed by atoms with van der Waals surface area (Å²) in [4.78, 5) is 3.11. The van der Waals surface area contributed by atoms with Crippen LogP contribution in [0, 0.1) is 6.92 Å². The fourth-order valence-corrected chi connectivity index (χ4v) is 4.06.